The van der Waals surface area contributed by atoms with Gasteiger partial charge in [-0.2, -0.15) is 0 Å². The average Bonchev–Trinajstić information content (AvgIpc) is 2.98. The van der Waals surface area contributed by atoms with Crippen molar-refractivity contribution < 1.29 is 24.3 Å². The van der Waals surface area contributed by atoms with Crippen LogP contribution in [0.25, 0.3) is 0 Å². The molecule has 1 saturated carbocycles. The quantitative estimate of drug-likeness (QED) is 0.393. The number of carbonyl (C=O) groups is 4. The predicted molar refractivity (Wildman–Crippen MR) is 118 cm³/mol. The number of hydrogen-bond donors (Lipinski definition) is 4. The zero-order chi connectivity index (χ0) is 23.7. The Morgan fingerprint density at radius 3 is 2.53 bits per heavy atom. The molecule has 5 amide bonds. The van der Waals surface area contributed by atoms with Crippen LogP contribution in [0.5, 0.6) is 5.75 Å². The Labute approximate surface area is 191 Å². The third-order valence-corrected chi connectivity index (χ3v) is 7.16. The molecule has 174 valence electrons. The number of phenolic OH excluding ortho intramolecular Hbond substituents is 1. The van der Waals surface area contributed by atoms with E-state index < -0.39 is 35.8 Å². The van der Waals surface area contributed by atoms with Crippen LogP contribution < -0.4 is 16.2 Å². The largest absolute Gasteiger partial charge is 0.507 e. The number of nitrogens with zero attached hydrogens (tertiary/aromatic N) is 1. The summed E-state index contributed by atoms with van der Waals surface area (Å²) < 4.78 is 0. The molecule has 10 heteroatoms. The average molecular weight is 465 g/mol. The maximum atomic E-state index is 13.0. The summed E-state index contributed by atoms with van der Waals surface area (Å²) in [7, 11) is 0. The van der Waals surface area contributed by atoms with Gasteiger partial charge < -0.3 is 10.4 Å². The minimum atomic E-state index is -0.965. The molecule has 1 aliphatic carbocycles. The Bertz CT molecular complexity index is 940. The van der Waals surface area contributed by atoms with E-state index >= 15 is 0 Å². The van der Waals surface area contributed by atoms with Crippen molar-refractivity contribution in [3.8, 4) is 5.75 Å². The molecule has 0 radical (unpaired) electrons. The summed E-state index contributed by atoms with van der Waals surface area (Å²) in [6.45, 7) is 6.06. The second kappa shape index (κ2) is 8.97. The van der Waals surface area contributed by atoms with Crippen LogP contribution in [-0.4, -0.2) is 45.8 Å². The highest BCUT2D eigenvalue weighted by molar-refractivity contribution is 6.31. The molecule has 4 N–H and O–H groups in total. The van der Waals surface area contributed by atoms with Gasteiger partial charge in [0.15, 0.2) is 0 Å². The number of benzene rings is 1. The lowest BCUT2D eigenvalue weighted by Crippen LogP contribution is -2.51. The SMILES string of the molecule is CCC(C)(C)C1CCC2(CC1)NC(=O)N(CC(=O)NNC(=O)c1cc(Cl)ccc1O)C2=O. The summed E-state index contributed by atoms with van der Waals surface area (Å²) >= 11 is 5.81. The van der Waals surface area contributed by atoms with Crippen molar-refractivity contribution in [2.24, 2.45) is 11.3 Å². The number of halogens is 1. The van der Waals surface area contributed by atoms with E-state index in [0.29, 0.717) is 18.8 Å². The predicted octanol–water partition coefficient (Wildman–Crippen LogP) is 2.72. The minimum Gasteiger partial charge on any atom is -0.507 e. The molecule has 1 heterocycles. The fourth-order valence-electron chi connectivity index (χ4n) is 4.41. The van der Waals surface area contributed by atoms with Crippen molar-refractivity contribution in [1.29, 1.82) is 0 Å². The molecule has 0 bridgehead atoms. The van der Waals surface area contributed by atoms with Gasteiger partial charge in [-0.15, -0.1) is 0 Å². The monoisotopic (exact) mass is 464 g/mol. The summed E-state index contributed by atoms with van der Waals surface area (Å²) in [5, 5.41) is 12.8. The number of hydrazine groups is 1. The lowest BCUT2D eigenvalue weighted by molar-refractivity contribution is -0.136. The van der Waals surface area contributed by atoms with Gasteiger partial charge in [0.1, 0.15) is 17.8 Å². The van der Waals surface area contributed by atoms with Crippen LogP contribution in [0, 0.1) is 11.3 Å². The zero-order valence-electron chi connectivity index (χ0n) is 18.5. The molecular weight excluding hydrogens is 436 g/mol. The maximum absolute atomic E-state index is 13.0. The van der Waals surface area contributed by atoms with E-state index in [4.69, 9.17) is 11.6 Å². The molecule has 1 spiro atoms. The Balaban J connectivity index is 1.57. The molecule has 1 aliphatic heterocycles. The van der Waals surface area contributed by atoms with Crippen molar-refractivity contribution in [2.75, 3.05) is 6.54 Å². The first-order valence-electron chi connectivity index (χ1n) is 10.7. The van der Waals surface area contributed by atoms with E-state index in [1.165, 1.54) is 18.2 Å². The highest BCUT2D eigenvalue weighted by atomic mass is 35.5. The van der Waals surface area contributed by atoms with Crippen LogP contribution in [0.15, 0.2) is 18.2 Å². The Morgan fingerprint density at radius 2 is 1.91 bits per heavy atom. The number of rotatable bonds is 5. The van der Waals surface area contributed by atoms with Gasteiger partial charge in [0, 0.05) is 5.02 Å². The summed E-state index contributed by atoms with van der Waals surface area (Å²) in [5.74, 6) is -1.79. The number of nitrogens with one attached hydrogen (secondary N) is 3. The van der Waals surface area contributed by atoms with Crippen LogP contribution in [0.3, 0.4) is 0 Å². The second-order valence-corrected chi connectivity index (χ2v) is 9.62. The van der Waals surface area contributed by atoms with E-state index in [-0.39, 0.29) is 21.8 Å². The Hall–Kier alpha value is -2.81. The van der Waals surface area contributed by atoms with Gasteiger partial charge in [-0.25, -0.2) is 4.79 Å². The Kier molecular flexibility index (Phi) is 6.69. The zero-order valence-corrected chi connectivity index (χ0v) is 19.2. The number of imide groups is 1. The fraction of sp³-hybridized carbons (Fsp3) is 0.545. The summed E-state index contributed by atoms with van der Waals surface area (Å²) in [4.78, 5) is 50.8. The van der Waals surface area contributed by atoms with Gasteiger partial charge in [0.05, 0.1) is 5.56 Å². The molecule has 2 fully saturated rings. The first-order valence-corrected chi connectivity index (χ1v) is 11.1. The van der Waals surface area contributed by atoms with E-state index in [2.05, 4.69) is 36.9 Å². The van der Waals surface area contributed by atoms with Crippen molar-refractivity contribution in [3.63, 3.8) is 0 Å². The molecular formula is C22H29ClN4O5. The molecule has 0 aromatic heterocycles. The number of aromatic hydroxyl groups is 1. The third-order valence-electron chi connectivity index (χ3n) is 6.92. The number of carbonyl (C=O) groups excluding carboxylic acids is 4. The second-order valence-electron chi connectivity index (χ2n) is 9.18. The summed E-state index contributed by atoms with van der Waals surface area (Å²) in [6, 6.07) is 3.30. The third kappa shape index (κ3) is 4.67. The van der Waals surface area contributed by atoms with Crippen LogP contribution in [-0.2, 0) is 9.59 Å². The van der Waals surface area contributed by atoms with Gasteiger partial charge in [-0.1, -0.05) is 38.8 Å². The lowest BCUT2D eigenvalue weighted by atomic mass is 9.65. The van der Waals surface area contributed by atoms with Gasteiger partial charge in [-0.05, 0) is 55.2 Å². The molecule has 0 atom stereocenters. The van der Waals surface area contributed by atoms with E-state index in [1.54, 1.807) is 0 Å². The van der Waals surface area contributed by atoms with E-state index in [0.717, 1.165) is 24.2 Å². The van der Waals surface area contributed by atoms with Crippen LogP contribution >= 0.6 is 11.6 Å². The first kappa shape index (κ1) is 23.8. The Morgan fingerprint density at radius 1 is 1.25 bits per heavy atom. The normalized spacial score (nSPS) is 23.2. The highest BCUT2D eigenvalue weighted by Crippen LogP contribution is 2.45. The molecule has 1 saturated heterocycles. The van der Waals surface area contributed by atoms with Crippen LogP contribution in [0.2, 0.25) is 5.02 Å². The van der Waals surface area contributed by atoms with Crippen molar-refractivity contribution in [3.05, 3.63) is 28.8 Å². The van der Waals surface area contributed by atoms with Crippen molar-refractivity contribution in [2.45, 2.75) is 58.4 Å². The molecule has 1 aromatic carbocycles. The topological polar surface area (TPSA) is 128 Å². The highest BCUT2D eigenvalue weighted by Gasteiger charge is 2.53. The number of hydrogen-bond acceptors (Lipinski definition) is 5. The molecule has 1 aromatic rings. The molecule has 2 aliphatic rings. The minimum absolute atomic E-state index is 0.126. The van der Waals surface area contributed by atoms with Gasteiger partial charge in [0.25, 0.3) is 17.7 Å². The van der Waals surface area contributed by atoms with Crippen LogP contribution in [0.4, 0.5) is 4.79 Å². The van der Waals surface area contributed by atoms with Gasteiger partial charge in [-0.3, -0.25) is 30.1 Å². The van der Waals surface area contributed by atoms with Crippen molar-refractivity contribution in [1.82, 2.24) is 21.1 Å². The smallest absolute Gasteiger partial charge is 0.325 e. The first-order chi connectivity index (χ1) is 15.0. The number of phenols is 1. The van der Waals surface area contributed by atoms with E-state index in [1.807, 2.05) is 0 Å². The van der Waals surface area contributed by atoms with Gasteiger partial charge >= 0.3 is 6.03 Å². The number of amides is 5. The van der Waals surface area contributed by atoms with Crippen LogP contribution in [0.1, 0.15) is 63.2 Å². The summed E-state index contributed by atoms with van der Waals surface area (Å²) in [6.07, 6.45) is 3.76. The fourth-order valence-corrected chi connectivity index (χ4v) is 4.58. The lowest BCUT2D eigenvalue weighted by Gasteiger charge is -2.42. The molecule has 3 rings (SSSR count). The van der Waals surface area contributed by atoms with Crippen molar-refractivity contribution >= 4 is 35.4 Å². The molecule has 9 nitrogen and oxygen atoms in total. The molecule has 32 heavy (non-hydrogen) atoms. The number of urea groups is 1. The standard InChI is InChI=1S/C22H29ClN4O5/c1-4-21(2,3)13-7-9-22(10-8-13)19(31)27(20(32)24-22)12-17(29)25-26-18(30)15-11-14(23)5-6-16(15)28/h5-6,11,13,28H,4,7-10,12H2,1-3H3,(H,24,32)(H,25,29)(H,26,30). The molecule has 0 unspecified atom stereocenters. The summed E-state index contributed by atoms with van der Waals surface area (Å²) in [5.41, 5.74) is 3.38. The van der Waals surface area contributed by atoms with Gasteiger partial charge in [0.2, 0.25) is 0 Å². The van der Waals surface area contributed by atoms with E-state index in [9.17, 15) is 24.3 Å². The maximum Gasteiger partial charge on any atom is 0.325 e.